The van der Waals surface area contributed by atoms with E-state index in [1.807, 2.05) is 45.0 Å². The van der Waals surface area contributed by atoms with Crippen molar-refractivity contribution < 1.29 is 13.2 Å². The lowest BCUT2D eigenvalue weighted by Gasteiger charge is -2.29. The lowest BCUT2D eigenvalue weighted by Crippen LogP contribution is -2.46. The van der Waals surface area contributed by atoms with Gasteiger partial charge in [-0.1, -0.05) is 57.2 Å². The second kappa shape index (κ2) is 9.40. The minimum atomic E-state index is -3.84. The molecule has 0 aliphatic heterocycles. The molecular weight excluding hydrogens is 410 g/mol. The second-order valence-corrected chi connectivity index (χ2v) is 11.3. The largest absolute Gasteiger partial charge is 0.348 e. The fourth-order valence-electron chi connectivity index (χ4n) is 3.25. The van der Waals surface area contributed by atoms with E-state index in [0.29, 0.717) is 5.69 Å². The topological polar surface area (TPSA) is 69.7 Å². The number of nitrogens with one attached hydrogen (secondary N) is 1. The first-order chi connectivity index (χ1) is 14.2. The number of rotatable bonds is 7. The molecule has 0 aliphatic carbocycles. The van der Waals surface area contributed by atoms with Gasteiger partial charge in [0.1, 0.15) is 6.54 Å². The van der Waals surface area contributed by atoms with Crippen LogP contribution in [0.2, 0.25) is 0 Å². The van der Waals surface area contributed by atoms with Gasteiger partial charge in [-0.3, -0.25) is 4.79 Å². The minimum absolute atomic E-state index is 0.0533. The second-order valence-electron chi connectivity index (χ2n) is 9.25. The fraction of sp³-hybridized carbons (Fsp3) is 0.458. The third kappa shape index (κ3) is 6.08. The van der Waals surface area contributed by atoms with Crippen molar-refractivity contribution in [3.8, 4) is 0 Å². The highest BCUT2D eigenvalue weighted by Gasteiger charge is 2.29. The molecule has 0 heterocycles. The van der Waals surface area contributed by atoms with Gasteiger partial charge in [0.15, 0.2) is 0 Å². The Balaban J connectivity index is 2.25. The van der Waals surface area contributed by atoms with Gasteiger partial charge < -0.3 is 5.32 Å². The standard InChI is InChI=1S/C24H35N3O3S/c1-17-9-10-18(2)22(15-17)27(31(29,30)26(7)8)16-23(28)25-19(3)20-11-13-21(14-12-20)24(4,5)6/h9-15,19H,16H2,1-8H3,(H,25,28). The number of aryl methyl sites for hydroxylation is 2. The number of benzene rings is 2. The summed E-state index contributed by atoms with van der Waals surface area (Å²) in [6.45, 7) is 11.8. The predicted molar refractivity (Wildman–Crippen MR) is 128 cm³/mol. The van der Waals surface area contributed by atoms with Gasteiger partial charge >= 0.3 is 10.2 Å². The van der Waals surface area contributed by atoms with Crippen molar-refractivity contribution in [2.75, 3.05) is 24.9 Å². The van der Waals surface area contributed by atoms with Gasteiger partial charge in [-0.15, -0.1) is 0 Å². The summed E-state index contributed by atoms with van der Waals surface area (Å²) in [5.41, 5.74) is 4.45. The van der Waals surface area contributed by atoms with E-state index in [0.717, 1.165) is 21.0 Å². The number of nitrogens with zero attached hydrogens (tertiary/aromatic N) is 2. The Morgan fingerprint density at radius 1 is 1.03 bits per heavy atom. The van der Waals surface area contributed by atoms with Crippen LogP contribution in [0.1, 0.15) is 56.0 Å². The van der Waals surface area contributed by atoms with Crippen molar-refractivity contribution in [1.82, 2.24) is 9.62 Å². The van der Waals surface area contributed by atoms with Gasteiger partial charge in [-0.05, 0) is 54.5 Å². The van der Waals surface area contributed by atoms with Crippen LogP contribution in [0.15, 0.2) is 42.5 Å². The van der Waals surface area contributed by atoms with Crippen molar-refractivity contribution in [2.45, 2.75) is 53.0 Å². The molecule has 0 spiro atoms. The zero-order valence-corrected chi connectivity index (χ0v) is 20.7. The fourth-order valence-corrected chi connectivity index (χ4v) is 4.37. The maximum atomic E-state index is 13.0. The molecule has 1 unspecified atom stereocenters. The average molecular weight is 446 g/mol. The first-order valence-electron chi connectivity index (χ1n) is 10.4. The lowest BCUT2D eigenvalue weighted by molar-refractivity contribution is -0.120. The van der Waals surface area contributed by atoms with E-state index in [1.165, 1.54) is 24.0 Å². The molecule has 0 aliphatic rings. The number of anilines is 1. The molecule has 0 saturated heterocycles. The third-order valence-corrected chi connectivity index (χ3v) is 7.12. The molecule has 1 amide bonds. The van der Waals surface area contributed by atoms with Crippen molar-refractivity contribution in [2.24, 2.45) is 0 Å². The van der Waals surface area contributed by atoms with Crippen LogP contribution in [0.5, 0.6) is 0 Å². The highest BCUT2D eigenvalue weighted by atomic mass is 32.2. The smallest absolute Gasteiger partial charge is 0.304 e. The number of hydrogen-bond acceptors (Lipinski definition) is 3. The summed E-state index contributed by atoms with van der Waals surface area (Å²) in [5, 5.41) is 2.94. The van der Waals surface area contributed by atoms with Crippen molar-refractivity contribution in [3.05, 3.63) is 64.7 Å². The Morgan fingerprint density at radius 3 is 2.13 bits per heavy atom. The quantitative estimate of drug-likeness (QED) is 0.698. The summed E-state index contributed by atoms with van der Waals surface area (Å²) in [6.07, 6.45) is 0. The van der Waals surface area contributed by atoms with Gasteiger partial charge in [0, 0.05) is 14.1 Å². The van der Waals surface area contributed by atoms with Gasteiger partial charge in [0.05, 0.1) is 11.7 Å². The van der Waals surface area contributed by atoms with E-state index < -0.39 is 10.2 Å². The Hall–Kier alpha value is -2.38. The van der Waals surface area contributed by atoms with E-state index in [9.17, 15) is 13.2 Å². The maximum Gasteiger partial charge on any atom is 0.304 e. The summed E-state index contributed by atoms with van der Waals surface area (Å²) < 4.78 is 28.3. The Morgan fingerprint density at radius 2 is 1.61 bits per heavy atom. The van der Waals surface area contributed by atoms with Crippen LogP contribution in [0.4, 0.5) is 5.69 Å². The van der Waals surface area contributed by atoms with Crippen LogP contribution in [0.3, 0.4) is 0 Å². The first kappa shape index (κ1) is 24.9. The summed E-state index contributed by atoms with van der Waals surface area (Å²) >= 11 is 0. The molecule has 1 N–H and O–H groups in total. The molecule has 0 saturated carbocycles. The van der Waals surface area contributed by atoms with Gasteiger partial charge in [0.2, 0.25) is 5.91 Å². The van der Waals surface area contributed by atoms with Crippen LogP contribution in [0.25, 0.3) is 0 Å². The maximum absolute atomic E-state index is 13.0. The molecule has 2 aromatic rings. The van der Waals surface area contributed by atoms with Gasteiger partial charge in [-0.25, -0.2) is 4.31 Å². The Bertz CT molecular complexity index is 1020. The van der Waals surface area contributed by atoms with Crippen molar-refractivity contribution in [3.63, 3.8) is 0 Å². The molecule has 0 aromatic heterocycles. The van der Waals surface area contributed by atoms with E-state index in [1.54, 1.807) is 6.07 Å². The summed E-state index contributed by atoms with van der Waals surface area (Å²) in [5.74, 6) is -0.362. The molecule has 2 rings (SSSR count). The SMILES string of the molecule is Cc1ccc(C)c(N(CC(=O)NC(C)c2ccc(C(C)(C)C)cc2)S(=O)(=O)N(C)C)c1. The number of amides is 1. The molecule has 0 fully saturated rings. The van der Waals surface area contributed by atoms with E-state index in [-0.39, 0.29) is 23.9 Å². The number of hydrogen-bond donors (Lipinski definition) is 1. The predicted octanol–water partition coefficient (Wildman–Crippen LogP) is 4.09. The van der Waals surface area contributed by atoms with Crippen LogP contribution < -0.4 is 9.62 Å². The summed E-state index contributed by atoms with van der Waals surface area (Å²) in [6, 6.07) is 13.5. The van der Waals surface area contributed by atoms with Crippen LogP contribution in [0, 0.1) is 13.8 Å². The Labute approximate surface area is 187 Å². The van der Waals surface area contributed by atoms with Crippen molar-refractivity contribution in [1.29, 1.82) is 0 Å². The highest BCUT2D eigenvalue weighted by molar-refractivity contribution is 7.90. The molecule has 2 aromatic carbocycles. The average Bonchev–Trinajstić information content (AvgIpc) is 2.67. The highest BCUT2D eigenvalue weighted by Crippen LogP contribution is 2.26. The third-order valence-electron chi connectivity index (χ3n) is 5.31. The van der Waals surface area contributed by atoms with Gasteiger partial charge in [-0.2, -0.15) is 12.7 Å². The molecular formula is C24H35N3O3S. The molecule has 170 valence electrons. The van der Waals surface area contributed by atoms with Crippen LogP contribution >= 0.6 is 0 Å². The Kier molecular flexibility index (Phi) is 7.55. The summed E-state index contributed by atoms with van der Waals surface area (Å²) in [7, 11) is -0.917. The van der Waals surface area contributed by atoms with Crippen LogP contribution in [-0.4, -0.2) is 39.3 Å². The molecule has 6 nitrogen and oxygen atoms in total. The first-order valence-corrected chi connectivity index (χ1v) is 11.8. The monoisotopic (exact) mass is 445 g/mol. The molecule has 0 bridgehead atoms. The normalized spacial score (nSPS) is 13.2. The zero-order chi connectivity index (χ0) is 23.6. The molecule has 1 atom stereocenters. The zero-order valence-electron chi connectivity index (χ0n) is 19.9. The molecule has 31 heavy (non-hydrogen) atoms. The minimum Gasteiger partial charge on any atom is -0.348 e. The summed E-state index contributed by atoms with van der Waals surface area (Å²) in [4.78, 5) is 12.9. The van der Waals surface area contributed by atoms with Gasteiger partial charge in [0.25, 0.3) is 0 Å². The van der Waals surface area contributed by atoms with E-state index in [4.69, 9.17) is 0 Å². The number of carbonyl (C=O) groups excluding carboxylic acids is 1. The van der Waals surface area contributed by atoms with E-state index in [2.05, 4.69) is 38.2 Å². The van der Waals surface area contributed by atoms with Crippen molar-refractivity contribution >= 4 is 21.8 Å². The molecule has 7 heteroatoms. The van der Waals surface area contributed by atoms with Crippen LogP contribution in [-0.2, 0) is 20.4 Å². The molecule has 0 radical (unpaired) electrons. The lowest BCUT2D eigenvalue weighted by atomic mass is 9.86. The number of carbonyl (C=O) groups is 1. The van der Waals surface area contributed by atoms with E-state index >= 15 is 0 Å².